The van der Waals surface area contributed by atoms with Gasteiger partial charge in [0.1, 0.15) is 0 Å². The Bertz CT molecular complexity index is 193. The third-order valence-electron chi connectivity index (χ3n) is 4.56. The molecule has 1 rings (SSSR count). The smallest absolute Gasteiger partial charge is 0.0431 e. The maximum atomic E-state index is 8.74. The summed E-state index contributed by atoms with van der Waals surface area (Å²) in [6.07, 6.45) is 14.8. The Labute approximate surface area is 132 Å². The van der Waals surface area contributed by atoms with Gasteiger partial charge in [-0.2, -0.15) is 0 Å². The van der Waals surface area contributed by atoms with E-state index >= 15 is 0 Å². The molecule has 0 saturated carbocycles. The van der Waals surface area contributed by atoms with Crippen molar-refractivity contribution in [2.75, 3.05) is 26.2 Å². The van der Waals surface area contributed by atoms with Crippen molar-refractivity contribution in [1.29, 1.82) is 0 Å². The number of hydrogen-bond acceptors (Lipinski definition) is 2. The van der Waals surface area contributed by atoms with Crippen LogP contribution in [0.1, 0.15) is 77.6 Å². The summed E-state index contributed by atoms with van der Waals surface area (Å²) in [5.41, 5.74) is 0. The van der Waals surface area contributed by atoms with Crippen LogP contribution in [0.3, 0.4) is 0 Å². The Balaban J connectivity index is 0.00000361. The van der Waals surface area contributed by atoms with Crippen LogP contribution < -0.4 is 0 Å². The first-order valence-corrected chi connectivity index (χ1v) is 8.70. The molecule has 1 fully saturated rings. The molecule has 1 N–H and O–H groups in total. The van der Waals surface area contributed by atoms with Crippen LogP contribution in [0.25, 0.3) is 0 Å². The highest BCUT2D eigenvalue weighted by Crippen LogP contribution is 2.23. The second kappa shape index (κ2) is 14.2. The van der Waals surface area contributed by atoms with Crippen molar-refractivity contribution in [3.05, 3.63) is 0 Å². The summed E-state index contributed by atoms with van der Waals surface area (Å²) in [5, 5.41) is 8.74. The lowest BCUT2D eigenvalue weighted by molar-refractivity contribution is 0.173. The van der Waals surface area contributed by atoms with Gasteiger partial charge < -0.3 is 10.0 Å². The number of piperidine rings is 1. The van der Waals surface area contributed by atoms with Crippen LogP contribution in [-0.4, -0.2) is 36.2 Å². The maximum absolute atomic E-state index is 8.74. The quantitative estimate of drug-likeness (QED) is 0.562. The highest BCUT2D eigenvalue weighted by atomic mass is 35.5. The molecule has 1 aliphatic rings. The minimum atomic E-state index is 0. The van der Waals surface area contributed by atoms with Crippen molar-refractivity contribution in [1.82, 2.24) is 4.90 Å². The number of rotatable bonds is 11. The van der Waals surface area contributed by atoms with E-state index in [9.17, 15) is 0 Å². The third-order valence-corrected chi connectivity index (χ3v) is 4.56. The molecule has 20 heavy (non-hydrogen) atoms. The lowest BCUT2D eigenvalue weighted by Gasteiger charge is -2.32. The fourth-order valence-corrected chi connectivity index (χ4v) is 3.16. The molecule has 3 heteroatoms. The Hall–Kier alpha value is 0.210. The normalized spacial score (nSPS) is 17.1. The fourth-order valence-electron chi connectivity index (χ4n) is 3.16. The summed E-state index contributed by atoms with van der Waals surface area (Å²) in [6, 6.07) is 0. The molecular weight excluding hydrogens is 270 g/mol. The molecule has 0 spiro atoms. The van der Waals surface area contributed by atoms with Crippen LogP contribution in [0.4, 0.5) is 0 Å². The van der Waals surface area contributed by atoms with Crippen molar-refractivity contribution in [3.63, 3.8) is 0 Å². The Morgan fingerprint density at radius 1 is 0.900 bits per heavy atom. The maximum Gasteiger partial charge on any atom is 0.0431 e. The molecule has 1 heterocycles. The molecule has 1 aliphatic heterocycles. The van der Waals surface area contributed by atoms with Crippen LogP contribution in [0.2, 0.25) is 0 Å². The summed E-state index contributed by atoms with van der Waals surface area (Å²) in [5.74, 6) is 1.02. The van der Waals surface area contributed by atoms with Crippen LogP contribution in [0.15, 0.2) is 0 Å². The van der Waals surface area contributed by atoms with Gasteiger partial charge in [0.05, 0.1) is 0 Å². The lowest BCUT2D eigenvalue weighted by atomic mass is 9.91. The molecule has 0 radical (unpaired) electrons. The standard InChI is InChI=1S/C17H35NO.ClH/c1-2-3-4-7-10-17-11-14-18(15-12-17)13-8-5-6-9-16-19;/h17,19H,2-16H2,1H3;1H. The zero-order valence-electron chi connectivity index (χ0n) is 13.5. The lowest BCUT2D eigenvalue weighted by Crippen LogP contribution is -2.34. The van der Waals surface area contributed by atoms with Gasteiger partial charge in [0, 0.05) is 6.61 Å². The number of hydrogen-bond donors (Lipinski definition) is 1. The van der Waals surface area contributed by atoms with E-state index in [4.69, 9.17) is 5.11 Å². The van der Waals surface area contributed by atoms with E-state index in [1.807, 2.05) is 0 Å². The molecule has 0 aromatic rings. The van der Waals surface area contributed by atoms with E-state index in [0.717, 1.165) is 12.3 Å². The summed E-state index contributed by atoms with van der Waals surface area (Å²) in [7, 11) is 0. The first-order chi connectivity index (χ1) is 9.36. The van der Waals surface area contributed by atoms with Gasteiger partial charge >= 0.3 is 0 Å². The van der Waals surface area contributed by atoms with Gasteiger partial charge in [-0.15, -0.1) is 12.4 Å². The molecule has 0 unspecified atom stereocenters. The van der Waals surface area contributed by atoms with Gasteiger partial charge in [-0.1, -0.05) is 51.9 Å². The topological polar surface area (TPSA) is 23.5 Å². The van der Waals surface area contributed by atoms with Gasteiger partial charge in [-0.25, -0.2) is 0 Å². The van der Waals surface area contributed by atoms with Crippen LogP contribution >= 0.6 is 12.4 Å². The molecule has 0 aromatic carbocycles. The van der Waals surface area contributed by atoms with Gasteiger partial charge in [-0.05, 0) is 51.2 Å². The SMILES string of the molecule is CCCCCCC1CCN(CCCCCCO)CC1.Cl. The second-order valence-electron chi connectivity index (χ2n) is 6.27. The fraction of sp³-hybridized carbons (Fsp3) is 1.00. The van der Waals surface area contributed by atoms with E-state index < -0.39 is 0 Å². The number of likely N-dealkylation sites (tertiary alicyclic amines) is 1. The summed E-state index contributed by atoms with van der Waals surface area (Å²) < 4.78 is 0. The average Bonchev–Trinajstić information content (AvgIpc) is 2.45. The van der Waals surface area contributed by atoms with E-state index in [-0.39, 0.29) is 12.4 Å². The summed E-state index contributed by atoms with van der Waals surface area (Å²) >= 11 is 0. The van der Waals surface area contributed by atoms with E-state index in [2.05, 4.69) is 11.8 Å². The predicted molar refractivity (Wildman–Crippen MR) is 90.7 cm³/mol. The van der Waals surface area contributed by atoms with Crippen molar-refractivity contribution < 1.29 is 5.11 Å². The zero-order valence-corrected chi connectivity index (χ0v) is 14.3. The monoisotopic (exact) mass is 305 g/mol. The minimum Gasteiger partial charge on any atom is -0.396 e. The Morgan fingerprint density at radius 2 is 1.55 bits per heavy atom. The number of halogens is 1. The molecule has 122 valence electrons. The van der Waals surface area contributed by atoms with Crippen LogP contribution in [-0.2, 0) is 0 Å². The molecule has 0 bridgehead atoms. The molecule has 0 atom stereocenters. The van der Waals surface area contributed by atoms with E-state index in [1.165, 1.54) is 83.8 Å². The second-order valence-corrected chi connectivity index (χ2v) is 6.27. The minimum absolute atomic E-state index is 0. The van der Waals surface area contributed by atoms with Crippen molar-refractivity contribution in [2.45, 2.75) is 77.6 Å². The van der Waals surface area contributed by atoms with E-state index in [0.29, 0.717) is 6.61 Å². The molecule has 1 saturated heterocycles. The number of aliphatic hydroxyl groups is 1. The van der Waals surface area contributed by atoms with Gasteiger partial charge in [0.25, 0.3) is 0 Å². The van der Waals surface area contributed by atoms with E-state index in [1.54, 1.807) is 0 Å². The zero-order chi connectivity index (χ0) is 13.8. The van der Waals surface area contributed by atoms with Crippen molar-refractivity contribution in [3.8, 4) is 0 Å². The molecule has 0 aromatic heterocycles. The van der Waals surface area contributed by atoms with Crippen molar-refractivity contribution in [2.24, 2.45) is 5.92 Å². The predicted octanol–water partition coefficient (Wildman–Crippen LogP) is 4.64. The first kappa shape index (κ1) is 20.2. The average molecular weight is 306 g/mol. The molecular formula is C17H36ClNO. The first-order valence-electron chi connectivity index (χ1n) is 8.70. The van der Waals surface area contributed by atoms with Crippen molar-refractivity contribution >= 4 is 12.4 Å². The molecule has 2 nitrogen and oxygen atoms in total. The number of unbranched alkanes of at least 4 members (excludes halogenated alkanes) is 6. The largest absolute Gasteiger partial charge is 0.396 e. The van der Waals surface area contributed by atoms with Gasteiger partial charge in [0.2, 0.25) is 0 Å². The van der Waals surface area contributed by atoms with Gasteiger partial charge in [0.15, 0.2) is 0 Å². The highest BCUT2D eigenvalue weighted by Gasteiger charge is 2.18. The Morgan fingerprint density at radius 3 is 2.20 bits per heavy atom. The van der Waals surface area contributed by atoms with Crippen LogP contribution in [0, 0.1) is 5.92 Å². The van der Waals surface area contributed by atoms with Crippen LogP contribution in [0.5, 0.6) is 0 Å². The summed E-state index contributed by atoms with van der Waals surface area (Å²) in [6.45, 7) is 6.60. The van der Waals surface area contributed by atoms with Gasteiger partial charge in [-0.3, -0.25) is 0 Å². The molecule has 0 aliphatic carbocycles. The Kier molecular flexibility index (Phi) is 14.3. The number of nitrogens with zero attached hydrogens (tertiary/aromatic N) is 1. The molecule has 0 amide bonds. The third kappa shape index (κ3) is 10.0. The summed E-state index contributed by atoms with van der Waals surface area (Å²) in [4.78, 5) is 2.65. The highest BCUT2D eigenvalue weighted by molar-refractivity contribution is 5.85. The number of aliphatic hydroxyl groups excluding tert-OH is 1.